The van der Waals surface area contributed by atoms with Crippen LogP contribution in [-0.2, 0) is 14.3 Å². The van der Waals surface area contributed by atoms with Crippen molar-refractivity contribution < 1.29 is 45.0 Å². The fourth-order valence-electron chi connectivity index (χ4n) is 2.40. The molecular weight excluding hydrogens is 302 g/mol. The molecule has 1 amide bonds. The van der Waals surface area contributed by atoms with Crippen LogP contribution in [0.5, 0.6) is 0 Å². The summed E-state index contributed by atoms with van der Waals surface area (Å²) in [5.74, 6) is -2.38. The van der Waals surface area contributed by atoms with Gasteiger partial charge in [0.05, 0.1) is 12.7 Å². The monoisotopic (exact) mass is 323 g/mol. The molecule has 1 aliphatic rings. The van der Waals surface area contributed by atoms with Crippen LogP contribution in [0.4, 0.5) is 0 Å². The van der Waals surface area contributed by atoms with Crippen molar-refractivity contribution in [3.05, 3.63) is 0 Å². The van der Waals surface area contributed by atoms with E-state index in [1.807, 2.05) is 0 Å². The van der Waals surface area contributed by atoms with Gasteiger partial charge < -0.3 is 35.4 Å². The first-order valence-electron chi connectivity index (χ1n) is 6.63. The molecule has 1 saturated heterocycles. The van der Waals surface area contributed by atoms with E-state index in [0.717, 1.165) is 13.8 Å². The summed E-state index contributed by atoms with van der Waals surface area (Å²) < 4.78 is 5.16. The molecule has 10 heteroatoms. The number of nitrogens with zero attached hydrogens (tertiary/aromatic N) is 1. The highest BCUT2D eigenvalue weighted by Gasteiger charge is 2.49. The molecule has 3 unspecified atom stereocenters. The second-order valence-electron chi connectivity index (χ2n) is 5.17. The van der Waals surface area contributed by atoms with Gasteiger partial charge in [0.15, 0.2) is 12.3 Å². The SMILES string of the molecule is CC(=O)N(C(C(=O)O)C(C)O)C1O[C@H](CO)[C@@H](O)[C@H](O)[C@H]1O. The van der Waals surface area contributed by atoms with Crippen molar-refractivity contribution in [2.45, 2.75) is 56.6 Å². The highest BCUT2D eigenvalue weighted by atomic mass is 16.6. The summed E-state index contributed by atoms with van der Waals surface area (Å²) in [6.07, 6.45) is -9.66. The number of hydrogen-bond donors (Lipinski definition) is 6. The first-order chi connectivity index (χ1) is 10.1. The van der Waals surface area contributed by atoms with Gasteiger partial charge in [0.25, 0.3) is 0 Å². The standard InChI is InChI=1S/C12H21NO9/c1-4(15)7(12(20)21)13(5(2)16)11-10(19)9(18)8(17)6(3-14)22-11/h4,6-11,14-15,17-19H,3H2,1-2H3,(H,20,21)/t4?,6-,7?,8-,9+,10-,11?/m1/s1. The summed E-state index contributed by atoms with van der Waals surface area (Å²) in [7, 11) is 0. The molecular formula is C12H21NO9. The van der Waals surface area contributed by atoms with Crippen molar-refractivity contribution in [2.75, 3.05) is 6.61 Å². The van der Waals surface area contributed by atoms with Gasteiger partial charge in [-0.05, 0) is 6.92 Å². The normalized spacial score (nSPS) is 34.8. The van der Waals surface area contributed by atoms with Gasteiger partial charge in [0.2, 0.25) is 5.91 Å². The summed E-state index contributed by atoms with van der Waals surface area (Å²) in [5.41, 5.74) is 0. The molecule has 0 aliphatic carbocycles. The number of aliphatic carboxylic acids is 1. The van der Waals surface area contributed by atoms with E-state index in [9.17, 15) is 30.0 Å². The quantitative estimate of drug-likeness (QED) is 0.300. The molecule has 0 bridgehead atoms. The van der Waals surface area contributed by atoms with Crippen LogP contribution < -0.4 is 0 Å². The molecule has 1 rings (SSSR count). The van der Waals surface area contributed by atoms with E-state index in [-0.39, 0.29) is 0 Å². The van der Waals surface area contributed by atoms with E-state index in [1.165, 1.54) is 0 Å². The third-order valence-electron chi connectivity index (χ3n) is 3.51. The molecule has 10 nitrogen and oxygen atoms in total. The van der Waals surface area contributed by atoms with Crippen molar-refractivity contribution in [1.29, 1.82) is 0 Å². The Morgan fingerprint density at radius 3 is 2.09 bits per heavy atom. The molecule has 0 radical (unpaired) electrons. The zero-order chi connectivity index (χ0) is 17.2. The Labute approximate surface area is 126 Å². The van der Waals surface area contributed by atoms with Crippen LogP contribution in [0.1, 0.15) is 13.8 Å². The molecule has 0 spiro atoms. The van der Waals surface area contributed by atoms with E-state index in [1.54, 1.807) is 0 Å². The number of carboxylic acids is 1. The first kappa shape index (κ1) is 18.7. The highest BCUT2D eigenvalue weighted by molar-refractivity contribution is 5.83. The molecule has 1 aliphatic heterocycles. The zero-order valence-corrected chi connectivity index (χ0v) is 12.1. The Hall–Kier alpha value is -1.30. The van der Waals surface area contributed by atoms with Crippen molar-refractivity contribution in [1.82, 2.24) is 4.90 Å². The molecule has 0 saturated carbocycles. The van der Waals surface area contributed by atoms with Gasteiger partial charge in [-0.1, -0.05) is 0 Å². The number of aliphatic hydroxyl groups excluding tert-OH is 5. The lowest BCUT2D eigenvalue weighted by Crippen LogP contribution is -2.67. The van der Waals surface area contributed by atoms with Gasteiger partial charge >= 0.3 is 5.97 Å². The largest absolute Gasteiger partial charge is 0.480 e. The van der Waals surface area contributed by atoms with Gasteiger partial charge in [0, 0.05) is 6.92 Å². The molecule has 128 valence electrons. The maximum Gasteiger partial charge on any atom is 0.329 e. The molecule has 7 atom stereocenters. The number of carbonyl (C=O) groups excluding carboxylic acids is 1. The predicted octanol–water partition coefficient (Wildman–Crippen LogP) is -3.53. The van der Waals surface area contributed by atoms with Crippen molar-refractivity contribution in [3.63, 3.8) is 0 Å². The fourth-order valence-corrected chi connectivity index (χ4v) is 2.40. The number of ether oxygens (including phenoxy) is 1. The lowest BCUT2D eigenvalue weighted by Gasteiger charge is -2.46. The lowest BCUT2D eigenvalue weighted by atomic mass is 9.96. The van der Waals surface area contributed by atoms with E-state index >= 15 is 0 Å². The summed E-state index contributed by atoms with van der Waals surface area (Å²) >= 11 is 0. The minimum atomic E-state index is -1.82. The average molecular weight is 323 g/mol. The number of rotatable bonds is 5. The maximum atomic E-state index is 11.8. The van der Waals surface area contributed by atoms with Crippen LogP contribution in [0, 0.1) is 0 Å². The second-order valence-corrected chi connectivity index (χ2v) is 5.17. The highest BCUT2D eigenvalue weighted by Crippen LogP contribution is 2.26. The molecule has 0 aromatic heterocycles. The lowest BCUT2D eigenvalue weighted by molar-refractivity contribution is -0.269. The third kappa shape index (κ3) is 3.54. The van der Waals surface area contributed by atoms with Gasteiger partial charge in [-0.3, -0.25) is 9.69 Å². The van der Waals surface area contributed by atoms with Crippen LogP contribution in [-0.4, -0.2) is 96.8 Å². The first-order valence-corrected chi connectivity index (χ1v) is 6.63. The molecule has 0 aromatic carbocycles. The van der Waals surface area contributed by atoms with Gasteiger partial charge in [0.1, 0.15) is 24.4 Å². The second kappa shape index (κ2) is 7.31. The van der Waals surface area contributed by atoms with Crippen LogP contribution in [0.15, 0.2) is 0 Å². The Balaban J connectivity index is 3.19. The van der Waals surface area contributed by atoms with Gasteiger partial charge in [-0.15, -0.1) is 0 Å². The summed E-state index contributed by atoms with van der Waals surface area (Å²) in [6.45, 7) is 1.41. The maximum absolute atomic E-state index is 11.8. The Morgan fingerprint density at radius 1 is 1.18 bits per heavy atom. The molecule has 6 N–H and O–H groups in total. The average Bonchev–Trinajstić information content (AvgIpc) is 2.42. The fraction of sp³-hybridized carbons (Fsp3) is 0.833. The number of aliphatic hydroxyl groups is 5. The number of amides is 1. The third-order valence-corrected chi connectivity index (χ3v) is 3.51. The minimum Gasteiger partial charge on any atom is -0.480 e. The van der Waals surface area contributed by atoms with Crippen molar-refractivity contribution >= 4 is 11.9 Å². The summed E-state index contributed by atoms with van der Waals surface area (Å²) in [6, 6.07) is -1.74. The van der Waals surface area contributed by atoms with Gasteiger partial charge in [-0.2, -0.15) is 0 Å². The van der Waals surface area contributed by atoms with E-state index in [4.69, 9.17) is 14.9 Å². The Bertz CT molecular complexity index is 413. The van der Waals surface area contributed by atoms with Crippen molar-refractivity contribution in [2.24, 2.45) is 0 Å². The molecule has 22 heavy (non-hydrogen) atoms. The topological polar surface area (TPSA) is 168 Å². The Morgan fingerprint density at radius 2 is 1.73 bits per heavy atom. The number of carbonyl (C=O) groups is 2. The summed E-state index contributed by atoms with van der Waals surface area (Å²) in [4.78, 5) is 23.6. The molecule has 0 aromatic rings. The van der Waals surface area contributed by atoms with Crippen LogP contribution in [0.2, 0.25) is 0 Å². The smallest absolute Gasteiger partial charge is 0.329 e. The summed E-state index contributed by atoms with van der Waals surface area (Å²) in [5, 5.41) is 57.2. The van der Waals surface area contributed by atoms with Crippen LogP contribution in [0.3, 0.4) is 0 Å². The Kier molecular flexibility index (Phi) is 6.23. The minimum absolute atomic E-state index is 0.565. The van der Waals surface area contributed by atoms with Crippen molar-refractivity contribution in [3.8, 4) is 0 Å². The molecule has 1 fully saturated rings. The van der Waals surface area contributed by atoms with E-state index < -0.39 is 61.3 Å². The van der Waals surface area contributed by atoms with E-state index in [2.05, 4.69) is 0 Å². The predicted molar refractivity (Wildman–Crippen MR) is 69.4 cm³/mol. The van der Waals surface area contributed by atoms with Crippen LogP contribution >= 0.6 is 0 Å². The number of carboxylic acid groups (broad SMARTS) is 1. The van der Waals surface area contributed by atoms with E-state index in [0.29, 0.717) is 4.90 Å². The number of hydrogen-bond acceptors (Lipinski definition) is 8. The van der Waals surface area contributed by atoms with Crippen LogP contribution in [0.25, 0.3) is 0 Å². The molecule has 1 heterocycles. The zero-order valence-electron chi connectivity index (χ0n) is 12.1. The van der Waals surface area contributed by atoms with Gasteiger partial charge in [-0.25, -0.2) is 4.79 Å².